The summed E-state index contributed by atoms with van der Waals surface area (Å²) in [4.78, 5) is 16.4. The molecule has 0 saturated heterocycles. The van der Waals surface area contributed by atoms with Crippen molar-refractivity contribution >= 4 is 22.6 Å². The van der Waals surface area contributed by atoms with E-state index < -0.39 is 0 Å². The van der Waals surface area contributed by atoms with Gasteiger partial charge in [0.25, 0.3) is 5.78 Å². The zero-order valence-corrected chi connectivity index (χ0v) is 12.3. The smallest absolute Gasteiger partial charge is 0.254 e. The van der Waals surface area contributed by atoms with Crippen LogP contribution in [-0.4, -0.2) is 29.5 Å². The second kappa shape index (κ2) is 4.80. The third-order valence-corrected chi connectivity index (χ3v) is 3.56. The maximum atomic E-state index is 4.62. The van der Waals surface area contributed by atoms with E-state index in [2.05, 4.69) is 37.3 Å². The van der Waals surface area contributed by atoms with Crippen LogP contribution in [0.1, 0.15) is 24.5 Å². The third kappa shape index (κ3) is 2.07. The van der Waals surface area contributed by atoms with Gasteiger partial charge in [0.05, 0.1) is 17.1 Å². The van der Waals surface area contributed by atoms with Crippen molar-refractivity contribution in [1.29, 1.82) is 0 Å². The van der Waals surface area contributed by atoms with Crippen LogP contribution < -0.4 is 5.32 Å². The van der Waals surface area contributed by atoms with Crippen LogP contribution >= 0.6 is 0 Å². The lowest BCUT2D eigenvalue weighted by Gasteiger charge is -2.14. The highest BCUT2D eigenvalue weighted by molar-refractivity contribution is 5.74. The first-order chi connectivity index (χ1) is 10.7. The number of anilines is 1. The Morgan fingerprint density at radius 3 is 2.95 bits per heavy atom. The molecule has 1 aromatic carbocycles. The first kappa shape index (κ1) is 12.8. The van der Waals surface area contributed by atoms with Gasteiger partial charge in [0.15, 0.2) is 0 Å². The number of nitrogens with zero attached hydrogens (tertiary/aromatic N) is 5. The molecule has 4 rings (SSSR count). The molecule has 0 radical (unpaired) electrons. The summed E-state index contributed by atoms with van der Waals surface area (Å²) in [6.45, 7) is 3.99. The minimum atomic E-state index is 0.00148. The third-order valence-electron chi connectivity index (χ3n) is 3.56. The summed E-state index contributed by atoms with van der Waals surface area (Å²) in [6, 6.07) is 9.94. The van der Waals surface area contributed by atoms with Gasteiger partial charge >= 0.3 is 0 Å². The Hall–Kier alpha value is -2.96. The van der Waals surface area contributed by atoms with E-state index in [4.69, 9.17) is 0 Å². The SMILES string of the molecule is Cc1cc(NC(C)c2nc3ccccc3[nH]2)n2ncnc2n1. The summed E-state index contributed by atoms with van der Waals surface area (Å²) in [6.07, 6.45) is 1.50. The molecule has 7 heteroatoms. The second-order valence-electron chi connectivity index (χ2n) is 5.26. The number of para-hydroxylation sites is 2. The summed E-state index contributed by atoms with van der Waals surface area (Å²) in [5.74, 6) is 2.30. The number of aromatic amines is 1. The number of H-pyrrole nitrogens is 1. The van der Waals surface area contributed by atoms with Gasteiger partial charge in [-0.2, -0.15) is 14.6 Å². The highest BCUT2D eigenvalue weighted by Crippen LogP contribution is 2.20. The monoisotopic (exact) mass is 293 g/mol. The number of benzene rings is 1. The molecule has 3 aromatic heterocycles. The molecule has 22 heavy (non-hydrogen) atoms. The van der Waals surface area contributed by atoms with Gasteiger partial charge in [0.1, 0.15) is 18.0 Å². The molecule has 110 valence electrons. The average Bonchev–Trinajstić information content (AvgIpc) is 3.12. The molecule has 0 saturated carbocycles. The molecular weight excluding hydrogens is 278 g/mol. The van der Waals surface area contributed by atoms with Crippen LogP contribution in [0.3, 0.4) is 0 Å². The molecule has 0 amide bonds. The van der Waals surface area contributed by atoms with Crippen molar-refractivity contribution in [2.24, 2.45) is 0 Å². The second-order valence-corrected chi connectivity index (χ2v) is 5.26. The summed E-state index contributed by atoms with van der Waals surface area (Å²) in [5, 5.41) is 7.61. The van der Waals surface area contributed by atoms with E-state index in [1.807, 2.05) is 37.3 Å². The number of hydrogen-bond acceptors (Lipinski definition) is 5. The molecular formula is C15H15N7. The van der Waals surface area contributed by atoms with Gasteiger partial charge in [-0.3, -0.25) is 0 Å². The summed E-state index contributed by atoms with van der Waals surface area (Å²) in [7, 11) is 0. The Morgan fingerprint density at radius 1 is 1.23 bits per heavy atom. The van der Waals surface area contributed by atoms with E-state index in [1.54, 1.807) is 4.52 Å². The first-order valence-corrected chi connectivity index (χ1v) is 7.09. The number of aryl methyl sites for hydroxylation is 1. The fraction of sp³-hybridized carbons (Fsp3) is 0.200. The van der Waals surface area contributed by atoms with Crippen LogP contribution in [-0.2, 0) is 0 Å². The molecule has 1 unspecified atom stereocenters. The van der Waals surface area contributed by atoms with Crippen LogP contribution in [0.25, 0.3) is 16.8 Å². The van der Waals surface area contributed by atoms with Crippen LogP contribution in [0.4, 0.5) is 5.82 Å². The van der Waals surface area contributed by atoms with Crippen molar-refractivity contribution < 1.29 is 0 Å². The molecule has 0 aliphatic carbocycles. The highest BCUT2D eigenvalue weighted by atomic mass is 15.4. The molecule has 0 spiro atoms. The van der Waals surface area contributed by atoms with E-state index in [1.165, 1.54) is 6.33 Å². The molecule has 1 atom stereocenters. The molecule has 0 fully saturated rings. The lowest BCUT2D eigenvalue weighted by Crippen LogP contribution is -2.12. The minimum Gasteiger partial charge on any atom is -0.360 e. The Bertz CT molecular complexity index is 920. The lowest BCUT2D eigenvalue weighted by molar-refractivity contribution is 0.790. The molecule has 0 bridgehead atoms. The Kier molecular flexibility index (Phi) is 2.78. The number of hydrogen-bond donors (Lipinski definition) is 2. The maximum absolute atomic E-state index is 4.62. The van der Waals surface area contributed by atoms with Crippen LogP contribution in [0.15, 0.2) is 36.7 Å². The van der Waals surface area contributed by atoms with Crippen LogP contribution in [0, 0.1) is 6.92 Å². The van der Waals surface area contributed by atoms with Gasteiger partial charge < -0.3 is 10.3 Å². The number of imidazole rings is 1. The molecule has 4 aromatic rings. The molecule has 0 aliphatic rings. The quantitative estimate of drug-likeness (QED) is 0.606. The Balaban J connectivity index is 1.70. The van der Waals surface area contributed by atoms with Crippen molar-refractivity contribution in [1.82, 2.24) is 29.5 Å². The minimum absolute atomic E-state index is 0.00148. The fourth-order valence-electron chi connectivity index (χ4n) is 2.50. The normalized spacial score (nSPS) is 12.8. The van der Waals surface area contributed by atoms with E-state index in [9.17, 15) is 0 Å². The van der Waals surface area contributed by atoms with Gasteiger partial charge in [-0.15, -0.1) is 0 Å². The van der Waals surface area contributed by atoms with Crippen LogP contribution in [0.2, 0.25) is 0 Å². The average molecular weight is 293 g/mol. The molecule has 7 nitrogen and oxygen atoms in total. The highest BCUT2D eigenvalue weighted by Gasteiger charge is 2.13. The zero-order chi connectivity index (χ0) is 15.1. The largest absolute Gasteiger partial charge is 0.360 e. The number of fused-ring (bicyclic) bond motifs is 2. The standard InChI is InChI=1S/C15H15N7/c1-9-7-13(22-15(18-9)16-8-17-22)19-10(2)14-20-11-5-3-4-6-12(11)21-14/h3-8,10,19H,1-2H3,(H,20,21). The summed E-state index contributed by atoms with van der Waals surface area (Å²) >= 11 is 0. The van der Waals surface area contributed by atoms with E-state index in [0.717, 1.165) is 28.4 Å². The fourth-order valence-corrected chi connectivity index (χ4v) is 2.50. The topological polar surface area (TPSA) is 83.8 Å². The van der Waals surface area contributed by atoms with E-state index in [0.29, 0.717) is 5.78 Å². The molecule has 2 N–H and O–H groups in total. The number of nitrogens with one attached hydrogen (secondary N) is 2. The van der Waals surface area contributed by atoms with Crippen molar-refractivity contribution in [2.75, 3.05) is 5.32 Å². The predicted octanol–water partition coefficient (Wildman–Crippen LogP) is 2.48. The number of rotatable bonds is 3. The zero-order valence-electron chi connectivity index (χ0n) is 12.3. The Morgan fingerprint density at radius 2 is 2.09 bits per heavy atom. The van der Waals surface area contributed by atoms with E-state index >= 15 is 0 Å². The van der Waals surface area contributed by atoms with Crippen LogP contribution in [0.5, 0.6) is 0 Å². The first-order valence-electron chi connectivity index (χ1n) is 7.09. The predicted molar refractivity (Wildman–Crippen MR) is 83.7 cm³/mol. The molecule has 3 heterocycles. The van der Waals surface area contributed by atoms with E-state index in [-0.39, 0.29) is 6.04 Å². The number of aromatic nitrogens is 6. The van der Waals surface area contributed by atoms with Crippen molar-refractivity contribution in [3.05, 3.63) is 48.2 Å². The Labute approximate surface area is 126 Å². The summed E-state index contributed by atoms with van der Waals surface area (Å²) < 4.78 is 1.69. The van der Waals surface area contributed by atoms with Crippen molar-refractivity contribution in [2.45, 2.75) is 19.9 Å². The van der Waals surface area contributed by atoms with Gasteiger partial charge in [-0.05, 0) is 26.0 Å². The summed E-state index contributed by atoms with van der Waals surface area (Å²) in [5.41, 5.74) is 2.88. The molecule has 0 aliphatic heterocycles. The lowest BCUT2D eigenvalue weighted by atomic mass is 10.3. The van der Waals surface area contributed by atoms with Crippen molar-refractivity contribution in [3.63, 3.8) is 0 Å². The van der Waals surface area contributed by atoms with Gasteiger partial charge in [-0.1, -0.05) is 12.1 Å². The van der Waals surface area contributed by atoms with Gasteiger partial charge in [0, 0.05) is 11.8 Å². The van der Waals surface area contributed by atoms with Crippen molar-refractivity contribution in [3.8, 4) is 0 Å². The maximum Gasteiger partial charge on any atom is 0.254 e. The van der Waals surface area contributed by atoms with Gasteiger partial charge in [-0.25, -0.2) is 9.97 Å². The van der Waals surface area contributed by atoms with Gasteiger partial charge in [0.2, 0.25) is 0 Å².